The summed E-state index contributed by atoms with van der Waals surface area (Å²) in [5, 5.41) is 6.18. The first kappa shape index (κ1) is 14.2. The second kappa shape index (κ2) is 6.28. The maximum Gasteiger partial charge on any atom is 0.269 e. The number of rotatable bonds is 5. The fourth-order valence-electron chi connectivity index (χ4n) is 2.18. The van der Waals surface area contributed by atoms with Crippen LogP contribution in [0, 0.1) is 0 Å². The predicted molar refractivity (Wildman–Crippen MR) is 80.8 cm³/mol. The van der Waals surface area contributed by atoms with Gasteiger partial charge in [-0.2, -0.15) is 11.8 Å². The lowest BCUT2D eigenvalue weighted by atomic mass is 10.1. The molecule has 1 aliphatic rings. The van der Waals surface area contributed by atoms with Crippen LogP contribution in [0.15, 0.2) is 18.3 Å². The van der Waals surface area contributed by atoms with E-state index in [-0.39, 0.29) is 5.91 Å². The summed E-state index contributed by atoms with van der Waals surface area (Å²) in [4.78, 5) is 15.8. The van der Waals surface area contributed by atoms with Crippen molar-refractivity contribution >= 4 is 23.4 Å². The Balaban J connectivity index is 1.97. The maximum atomic E-state index is 11.7. The van der Waals surface area contributed by atoms with Crippen LogP contribution in [0.25, 0.3) is 0 Å². The third-order valence-corrected chi connectivity index (χ3v) is 4.84. The molecule has 0 spiro atoms. The minimum Gasteiger partial charge on any atom is -0.384 e. The quantitative estimate of drug-likeness (QED) is 0.869. The largest absolute Gasteiger partial charge is 0.384 e. The van der Waals surface area contributed by atoms with E-state index >= 15 is 0 Å². The molecular formula is C14H21N3OS. The number of thioether (sulfide) groups is 1. The summed E-state index contributed by atoms with van der Waals surface area (Å²) in [6, 6.07) is 3.72. The Labute approximate surface area is 118 Å². The predicted octanol–water partition coefficient (Wildman–Crippen LogP) is 2.53. The fourth-order valence-corrected chi connectivity index (χ4v) is 3.43. The van der Waals surface area contributed by atoms with Crippen LogP contribution in [0.2, 0.25) is 0 Å². The molecule has 19 heavy (non-hydrogen) atoms. The van der Waals surface area contributed by atoms with Crippen molar-refractivity contribution < 1.29 is 4.79 Å². The number of carbonyl (C=O) groups excluding carboxylic acids is 1. The molecule has 1 amide bonds. The van der Waals surface area contributed by atoms with Crippen molar-refractivity contribution in [3.05, 3.63) is 24.0 Å². The van der Waals surface area contributed by atoms with Crippen LogP contribution in [0.5, 0.6) is 0 Å². The van der Waals surface area contributed by atoms with Crippen LogP contribution in [0.4, 0.5) is 5.69 Å². The van der Waals surface area contributed by atoms with Crippen LogP contribution in [0.1, 0.15) is 37.2 Å². The highest BCUT2D eigenvalue weighted by Crippen LogP contribution is 2.37. The summed E-state index contributed by atoms with van der Waals surface area (Å²) in [6.07, 6.45) is 4.22. The summed E-state index contributed by atoms with van der Waals surface area (Å²) < 4.78 is 0.315. The average Bonchev–Trinajstić information content (AvgIpc) is 2.85. The Morgan fingerprint density at radius 1 is 1.58 bits per heavy atom. The zero-order valence-corrected chi connectivity index (χ0v) is 12.3. The van der Waals surface area contributed by atoms with Crippen LogP contribution in [0.3, 0.4) is 0 Å². The molecule has 2 rings (SSSR count). The third kappa shape index (κ3) is 3.86. The van der Waals surface area contributed by atoms with E-state index in [9.17, 15) is 4.79 Å². The highest BCUT2D eigenvalue weighted by Gasteiger charge is 2.29. The van der Waals surface area contributed by atoms with Gasteiger partial charge in [-0.1, -0.05) is 0 Å². The summed E-state index contributed by atoms with van der Waals surface area (Å²) >= 11 is 2.03. The van der Waals surface area contributed by atoms with Gasteiger partial charge in [-0.3, -0.25) is 9.78 Å². The molecule has 0 radical (unpaired) electrons. The van der Waals surface area contributed by atoms with Gasteiger partial charge in [-0.05, 0) is 44.6 Å². The molecule has 0 bridgehead atoms. The zero-order valence-electron chi connectivity index (χ0n) is 11.5. The van der Waals surface area contributed by atoms with Crippen molar-refractivity contribution in [1.29, 1.82) is 0 Å². The number of hydrogen-bond donors (Lipinski definition) is 2. The van der Waals surface area contributed by atoms with Gasteiger partial charge in [0.2, 0.25) is 0 Å². The lowest BCUT2D eigenvalue weighted by Crippen LogP contribution is -2.27. The lowest BCUT2D eigenvalue weighted by molar-refractivity contribution is 0.0951. The highest BCUT2D eigenvalue weighted by atomic mass is 32.2. The molecular weight excluding hydrogens is 258 g/mol. The standard InChI is InChI=1S/C14H21N3OS/c1-3-15-13(18)12-9-11(5-7-16-12)17-10-14(2)6-4-8-19-14/h5,7,9H,3-4,6,8,10H2,1-2H3,(H,15,18)(H,16,17). The molecule has 1 aliphatic heterocycles. The Hall–Kier alpha value is -1.23. The number of amides is 1. The van der Waals surface area contributed by atoms with E-state index in [0.29, 0.717) is 17.0 Å². The number of aromatic nitrogens is 1. The summed E-state index contributed by atoms with van der Waals surface area (Å²) in [6.45, 7) is 5.74. The van der Waals surface area contributed by atoms with Gasteiger partial charge in [0.1, 0.15) is 5.69 Å². The van der Waals surface area contributed by atoms with E-state index in [1.165, 1.54) is 18.6 Å². The summed E-state index contributed by atoms with van der Waals surface area (Å²) in [5.41, 5.74) is 1.43. The number of anilines is 1. The molecule has 1 unspecified atom stereocenters. The first-order valence-electron chi connectivity index (χ1n) is 6.75. The summed E-state index contributed by atoms with van der Waals surface area (Å²) in [5.74, 6) is 1.13. The third-order valence-electron chi connectivity index (χ3n) is 3.30. The first-order valence-corrected chi connectivity index (χ1v) is 7.74. The van der Waals surface area contributed by atoms with Gasteiger partial charge in [0.25, 0.3) is 5.91 Å². The minimum atomic E-state index is -0.118. The van der Waals surface area contributed by atoms with Gasteiger partial charge in [0.05, 0.1) is 0 Å². The molecule has 0 aliphatic carbocycles. The van der Waals surface area contributed by atoms with Crippen LogP contribution >= 0.6 is 11.8 Å². The van der Waals surface area contributed by atoms with Crippen LogP contribution in [-0.4, -0.2) is 34.5 Å². The van der Waals surface area contributed by atoms with E-state index in [4.69, 9.17) is 0 Å². The van der Waals surface area contributed by atoms with Gasteiger partial charge in [0, 0.05) is 29.7 Å². The molecule has 4 nitrogen and oxygen atoms in total. The monoisotopic (exact) mass is 279 g/mol. The number of nitrogens with one attached hydrogen (secondary N) is 2. The number of hydrogen-bond acceptors (Lipinski definition) is 4. The highest BCUT2D eigenvalue weighted by molar-refractivity contribution is 8.00. The molecule has 104 valence electrons. The molecule has 1 fully saturated rings. The topological polar surface area (TPSA) is 54.0 Å². The van der Waals surface area contributed by atoms with Crippen molar-refractivity contribution in [1.82, 2.24) is 10.3 Å². The smallest absolute Gasteiger partial charge is 0.269 e. The van der Waals surface area contributed by atoms with Gasteiger partial charge in [-0.15, -0.1) is 0 Å². The fraction of sp³-hybridized carbons (Fsp3) is 0.571. The van der Waals surface area contributed by atoms with Crippen molar-refractivity contribution in [2.75, 3.05) is 24.2 Å². The minimum absolute atomic E-state index is 0.118. The Morgan fingerprint density at radius 2 is 2.42 bits per heavy atom. The zero-order chi connectivity index (χ0) is 13.7. The van der Waals surface area contributed by atoms with Gasteiger partial charge < -0.3 is 10.6 Å². The molecule has 0 aromatic carbocycles. The number of carbonyl (C=O) groups is 1. The van der Waals surface area contributed by atoms with E-state index in [1.807, 2.05) is 30.8 Å². The van der Waals surface area contributed by atoms with Crippen molar-refractivity contribution in [3.8, 4) is 0 Å². The molecule has 0 saturated carbocycles. The van der Waals surface area contributed by atoms with Crippen molar-refractivity contribution in [2.45, 2.75) is 31.4 Å². The van der Waals surface area contributed by atoms with E-state index < -0.39 is 0 Å². The molecule has 2 N–H and O–H groups in total. The lowest BCUT2D eigenvalue weighted by Gasteiger charge is -2.23. The number of nitrogens with zero attached hydrogens (tertiary/aromatic N) is 1. The second-order valence-corrected chi connectivity index (χ2v) is 6.73. The molecule has 2 heterocycles. The Kier molecular flexibility index (Phi) is 4.69. The first-order chi connectivity index (χ1) is 9.13. The van der Waals surface area contributed by atoms with Gasteiger partial charge in [-0.25, -0.2) is 0 Å². The SMILES string of the molecule is CCNC(=O)c1cc(NCC2(C)CCCS2)ccn1. The number of pyridine rings is 1. The van der Waals surface area contributed by atoms with E-state index in [2.05, 4.69) is 22.5 Å². The van der Waals surface area contributed by atoms with Gasteiger partial charge in [0.15, 0.2) is 0 Å². The van der Waals surface area contributed by atoms with E-state index in [0.717, 1.165) is 12.2 Å². The molecule has 1 aromatic rings. The van der Waals surface area contributed by atoms with Crippen molar-refractivity contribution in [2.24, 2.45) is 0 Å². The normalized spacial score (nSPS) is 22.2. The van der Waals surface area contributed by atoms with Crippen LogP contribution in [-0.2, 0) is 0 Å². The Morgan fingerprint density at radius 3 is 3.11 bits per heavy atom. The summed E-state index contributed by atoms with van der Waals surface area (Å²) in [7, 11) is 0. The van der Waals surface area contributed by atoms with Crippen LogP contribution < -0.4 is 10.6 Å². The van der Waals surface area contributed by atoms with E-state index in [1.54, 1.807) is 6.20 Å². The van der Waals surface area contributed by atoms with Gasteiger partial charge >= 0.3 is 0 Å². The average molecular weight is 279 g/mol. The second-order valence-electron chi connectivity index (χ2n) is 5.04. The molecule has 5 heteroatoms. The van der Waals surface area contributed by atoms with Crippen molar-refractivity contribution in [3.63, 3.8) is 0 Å². The Bertz CT molecular complexity index is 444. The molecule has 1 atom stereocenters. The maximum absolute atomic E-state index is 11.7. The molecule has 1 aromatic heterocycles. The molecule has 1 saturated heterocycles.